The summed E-state index contributed by atoms with van der Waals surface area (Å²) in [6, 6.07) is 6.89. The number of fused-ring (bicyclic) bond motifs is 1. The van der Waals surface area contributed by atoms with E-state index in [1.165, 1.54) is 11.1 Å². The molecule has 0 saturated heterocycles. The van der Waals surface area contributed by atoms with Gasteiger partial charge in [0.05, 0.1) is 6.10 Å². The van der Waals surface area contributed by atoms with Gasteiger partial charge in [0.1, 0.15) is 5.75 Å². The van der Waals surface area contributed by atoms with Gasteiger partial charge in [-0.2, -0.15) is 0 Å². The molecule has 82 valence electrons. The maximum Gasteiger partial charge on any atom is 0.127 e. The average molecular weight is 205 g/mol. The van der Waals surface area contributed by atoms with E-state index in [0.717, 1.165) is 18.6 Å². The van der Waals surface area contributed by atoms with Gasteiger partial charge in [-0.25, -0.2) is 0 Å². The second-order valence-corrected chi connectivity index (χ2v) is 4.19. The van der Waals surface area contributed by atoms with E-state index in [9.17, 15) is 0 Å². The van der Waals surface area contributed by atoms with Gasteiger partial charge in [0.2, 0.25) is 0 Å². The smallest absolute Gasteiger partial charge is 0.127 e. The fraction of sp³-hybridized carbons (Fsp3) is 0.538. The Hall–Kier alpha value is -1.02. The summed E-state index contributed by atoms with van der Waals surface area (Å²) in [5.41, 5.74) is 2.63. The van der Waals surface area contributed by atoms with E-state index in [1.807, 2.05) is 7.05 Å². The maximum absolute atomic E-state index is 5.95. The number of hydrogen-bond donors (Lipinski definition) is 1. The first-order chi connectivity index (χ1) is 7.26. The van der Waals surface area contributed by atoms with E-state index in [2.05, 4.69) is 37.4 Å². The molecule has 0 bridgehead atoms. The molecule has 2 atom stereocenters. The van der Waals surface area contributed by atoms with Crippen LogP contribution in [0.25, 0.3) is 0 Å². The van der Waals surface area contributed by atoms with Crippen LogP contribution >= 0.6 is 0 Å². The van der Waals surface area contributed by atoms with Crippen LogP contribution in [0, 0.1) is 0 Å². The first-order valence-corrected chi connectivity index (χ1v) is 5.72. The van der Waals surface area contributed by atoms with Gasteiger partial charge in [-0.3, -0.25) is 0 Å². The Kier molecular flexibility index (Phi) is 2.96. The third-order valence-electron chi connectivity index (χ3n) is 3.12. The number of para-hydroxylation sites is 1. The minimum Gasteiger partial charge on any atom is -0.490 e. The number of benzene rings is 1. The number of nitrogens with one attached hydrogen (secondary N) is 1. The molecule has 1 aliphatic heterocycles. The lowest BCUT2D eigenvalue weighted by Crippen LogP contribution is -2.30. The van der Waals surface area contributed by atoms with Crippen molar-refractivity contribution in [3.63, 3.8) is 0 Å². The van der Waals surface area contributed by atoms with Gasteiger partial charge in [0.15, 0.2) is 0 Å². The second-order valence-electron chi connectivity index (χ2n) is 4.19. The molecule has 0 amide bonds. The van der Waals surface area contributed by atoms with Gasteiger partial charge in [-0.1, -0.05) is 25.1 Å². The lowest BCUT2D eigenvalue weighted by atomic mass is 9.94. The van der Waals surface area contributed by atoms with Crippen molar-refractivity contribution in [2.75, 3.05) is 7.05 Å². The molecular weight excluding hydrogens is 186 g/mol. The van der Waals surface area contributed by atoms with Crippen molar-refractivity contribution in [1.82, 2.24) is 5.32 Å². The molecule has 1 heterocycles. The van der Waals surface area contributed by atoms with Crippen LogP contribution in [0.1, 0.15) is 37.4 Å². The number of hydrogen-bond acceptors (Lipinski definition) is 2. The topological polar surface area (TPSA) is 21.3 Å². The van der Waals surface area contributed by atoms with Crippen LogP contribution in [0.4, 0.5) is 0 Å². The molecule has 0 aromatic heterocycles. The molecule has 0 radical (unpaired) electrons. The Balaban J connectivity index is 2.45. The predicted octanol–water partition coefficient (Wildman–Crippen LogP) is 2.68. The van der Waals surface area contributed by atoms with Crippen LogP contribution in [-0.4, -0.2) is 13.2 Å². The predicted molar refractivity (Wildman–Crippen MR) is 62.3 cm³/mol. The molecule has 0 saturated carbocycles. The molecular formula is C13H19NO. The van der Waals surface area contributed by atoms with Crippen LogP contribution < -0.4 is 10.1 Å². The molecule has 2 nitrogen and oxygen atoms in total. The van der Waals surface area contributed by atoms with E-state index in [1.54, 1.807) is 0 Å². The SMILES string of the molecule is CCc1cccc2c1OC(C)CC2NC. The zero-order valence-electron chi connectivity index (χ0n) is 9.71. The van der Waals surface area contributed by atoms with E-state index in [0.29, 0.717) is 12.1 Å². The first kappa shape index (κ1) is 10.5. The minimum absolute atomic E-state index is 0.308. The van der Waals surface area contributed by atoms with E-state index in [4.69, 9.17) is 4.74 Å². The summed E-state index contributed by atoms with van der Waals surface area (Å²) in [4.78, 5) is 0. The highest BCUT2D eigenvalue weighted by molar-refractivity contribution is 5.44. The fourth-order valence-electron chi connectivity index (χ4n) is 2.28. The first-order valence-electron chi connectivity index (χ1n) is 5.72. The third-order valence-corrected chi connectivity index (χ3v) is 3.12. The van der Waals surface area contributed by atoms with Crippen molar-refractivity contribution >= 4 is 0 Å². The molecule has 0 fully saturated rings. The molecule has 2 unspecified atom stereocenters. The molecule has 1 aromatic rings. The second kappa shape index (κ2) is 4.23. The Morgan fingerprint density at radius 1 is 1.47 bits per heavy atom. The third kappa shape index (κ3) is 1.86. The summed E-state index contributed by atoms with van der Waals surface area (Å²) >= 11 is 0. The number of ether oxygens (including phenoxy) is 1. The molecule has 1 aromatic carbocycles. The number of rotatable bonds is 2. The summed E-state index contributed by atoms with van der Waals surface area (Å²) in [5, 5.41) is 3.36. The fourth-order valence-corrected chi connectivity index (χ4v) is 2.28. The Morgan fingerprint density at radius 3 is 2.93 bits per heavy atom. The highest BCUT2D eigenvalue weighted by Gasteiger charge is 2.25. The van der Waals surface area contributed by atoms with Gasteiger partial charge in [0.25, 0.3) is 0 Å². The van der Waals surface area contributed by atoms with Crippen molar-refractivity contribution in [3.8, 4) is 5.75 Å². The normalized spacial score (nSPS) is 24.5. The van der Waals surface area contributed by atoms with Crippen LogP contribution in [0.3, 0.4) is 0 Å². The number of aryl methyl sites for hydroxylation is 1. The zero-order valence-corrected chi connectivity index (χ0v) is 9.71. The average Bonchev–Trinajstić information content (AvgIpc) is 2.27. The van der Waals surface area contributed by atoms with E-state index in [-0.39, 0.29) is 0 Å². The summed E-state index contributed by atoms with van der Waals surface area (Å²) in [5.74, 6) is 1.11. The Labute approximate surface area is 91.6 Å². The van der Waals surface area contributed by atoms with Crippen LogP contribution in [0.2, 0.25) is 0 Å². The van der Waals surface area contributed by atoms with Crippen molar-refractivity contribution in [1.29, 1.82) is 0 Å². The molecule has 2 heteroatoms. The molecule has 15 heavy (non-hydrogen) atoms. The summed E-state index contributed by atoms with van der Waals surface area (Å²) < 4.78 is 5.95. The van der Waals surface area contributed by atoms with Gasteiger partial charge in [-0.15, -0.1) is 0 Å². The standard InChI is InChI=1S/C13H19NO/c1-4-10-6-5-7-11-12(14-3)8-9(2)15-13(10)11/h5-7,9,12,14H,4,8H2,1-3H3. The van der Waals surface area contributed by atoms with Crippen molar-refractivity contribution in [2.45, 2.75) is 38.8 Å². The van der Waals surface area contributed by atoms with Crippen LogP contribution in [0.5, 0.6) is 5.75 Å². The quantitative estimate of drug-likeness (QED) is 0.801. The monoisotopic (exact) mass is 205 g/mol. The molecule has 1 aliphatic rings. The van der Waals surface area contributed by atoms with Gasteiger partial charge in [-0.05, 0) is 26.0 Å². The molecule has 1 N–H and O–H groups in total. The highest BCUT2D eigenvalue weighted by atomic mass is 16.5. The maximum atomic E-state index is 5.95. The molecule has 2 rings (SSSR count). The lowest BCUT2D eigenvalue weighted by Gasteiger charge is -2.31. The molecule has 0 spiro atoms. The van der Waals surface area contributed by atoms with Crippen molar-refractivity contribution < 1.29 is 4.74 Å². The summed E-state index contributed by atoms with van der Waals surface area (Å²) in [6.07, 6.45) is 2.39. The van der Waals surface area contributed by atoms with Crippen molar-refractivity contribution in [3.05, 3.63) is 29.3 Å². The van der Waals surface area contributed by atoms with Gasteiger partial charge in [0, 0.05) is 18.0 Å². The van der Waals surface area contributed by atoms with Crippen LogP contribution in [0.15, 0.2) is 18.2 Å². The lowest BCUT2D eigenvalue weighted by molar-refractivity contribution is 0.167. The van der Waals surface area contributed by atoms with Crippen LogP contribution in [-0.2, 0) is 6.42 Å². The van der Waals surface area contributed by atoms with Gasteiger partial charge >= 0.3 is 0 Å². The highest BCUT2D eigenvalue weighted by Crippen LogP contribution is 2.37. The summed E-state index contributed by atoms with van der Waals surface area (Å²) in [7, 11) is 2.02. The van der Waals surface area contributed by atoms with E-state index < -0.39 is 0 Å². The largest absolute Gasteiger partial charge is 0.490 e. The van der Waals surface area contributed by atoms with Crippen molar-refractivity contribution in [2.24, 2.45) is 0 Å². The zero-order chi connectivity index (χ0) is 10.8. The Bertz CT molecular complexity index is 348. The van der Waals surface area contributed by atoms with Gasteiger partial charge < -0.3 is 10.1 Å². The Morgan fingerprint density at radius 2 is 2.27 bits per heavy atom. The summed E-state index contributed by atoms with van der Waals surface area (Å²) in [6.45, 7) is 4.31. The minimum atomic E-state index is 0.308. The van der Waals surface area contributed by atoms with E-state index >= 15 is 0 Å². The molecule has 0 aliphatic carbocycles.